The molecule has 0 aliphatic carbocycles. The Kier molecular flexibility index (Phi) is 4.41. The SMILES string of the molecule is O=C1[C@@H]2[C@@H](c3ccc(Cl)cc3)N3CCCN3[C@H]2C(=O)N1c1ccc(Cl)cc1Cl. The topological polar surface area (TPSA) is 43.9 Å². The molecular formula is C20H16Cl3N3O2. The Bertz CT molecular complexity index is 981. The van der Waals surface area contributed by atoms with Gasteiger partial charge in [0.1, 0.15) is 6.04 Å². The second-order valence-electron chi connectivity index (χ2n) is 7.25. The number of rotatable bonds is 2. The van der Waals surface area contributed by atoms with Gasteiger partial charge in [-0.2, -0.15) is 0 Å². The number of hydrogen-bond donors (Lipinski definition) is 0. The standard InChI is InChI=1S/C20H16Cl3N3O2/c21-12-4-2-11(3-5-12)17-16-18(25-9-1-8-24(17)25)20(28)26(19(16)27)15-7-6-13(22)10-14(15)23/h2-7,10,16-18H,1,8-9H2/t16-,17-,18-/m1/s1. The summed E-state index contributed by atoms with van der Waals surface area (Å²) >= 11 is 18.3. The van der Waals surface area contributed by atoms with Crippen LogP contribution in [0.3, 0.4) is 0 Å². The summed E-state index contributed by atoms with van der Waals surface area (Å²) in [5.41, 5.74) is 1.37. The Morgan fingerprint density at radius 1 is 0.786 bits per heavy atom. The maximum atomic E-state index is 13.5. The minimum Gasteiger partial charge on any atom is -0.274 e. The van der Waals surface area contributed by atoms with Crippen molar-refractivity contribution in [1.82, 2.24) is 10.0 Å². The molecule has 0 bridgehead atoms. The lowest BCUT2D eigenvalue weighted by Crippen LogP contribution is -2.44. The molecule has 0 aromatic heterocycles. The van der Waals surface area contributed by atoms with Gasteiger partial charge < -0.3 is 0 Å². The highest BCUT2D eigenvalue weighted by atomic mass is 35.5. The second-order valence-corrected chi connectivity index (χ2v) is 8.53. The van der Waals surface area contributed by atoms with Crippen LogP contribution in [0.15, 0.2) is 42.5 Å². The van der Waals surface area contributed by atoms with E-state index in [1.807, 2.05) is 29.3 Å². The lowest BCUT2D eigenvalue weighted by molar-refractivity contribution is -0.126. The Balaban J connectivity index is 1.59. The first-order valence-corrected chi connectivity index (χ1v) is 10.2. The predicted molar refractivity (Wildman–Crippen MR) is 108 cm³/mol. The van der Waals surface area contributed by atoms with Crippen LogP contribution in [0.2, 0.25) is 15.1 Å². The van der Waals surface area contributed by atoms with E-state index in [1.54, 1.807) is 18.2 Å². The molecule has 0 saturated carbocycles. The maximum Gasteiger partial charge on any atom is 0.253 e. The number of hydrazine groups is 1. The molecule has 28 heavy (non-hydrogen) atoms. The van der Waals surface area contributed by atoms with Crippen molar-refractivity contribution < 1.29 is 9.59 Å². The fraction of sp³-hybridized carbons (Fsp3) is 0.300. The summed E-state index contributed by atoms with van der Waals surface area (Å²) in [6.07, 6.45) is 0.955. The average Bonchev–Trinajstić information content (AvgIpc) is 3.30. The first kappa shape index (κ1) is 18.4. The van der Waals surface area contributed by atoms with E-state index >= 15 is 0 Å². The van der Waals surface area contributed by atoms with E-state index in [9.17, 15) is 9.59 Å². The van der Waals surface area contributed by atoms with Crippen molar-refractivity contribution in [1.29, 1.82) is 0 Å². The van der Waals surface area contributed by atoms with Gasteiger partial charge >= 0.3 is 0 Å². The van der Waals surface area contributed by atoms with Crippen LogP contribution in [0.25, 0.3) is 0 Å². The van der Waals surface area contributed by atoms with E-state index in [4.69, 9.17) is 34.8 Å². The third-order valence-corrected chi connectivity index (χ3v) is 6.56. The van der Waals surface area contributed by atoms with E-state index in [-0.39, 0.29) is 22.9 Å². The van der Waals surface area contributed by atoms with E-state index < -0.39 is 12.0 Å². The highest BCUT2D eigenvalue weighted by Crippen LogP contribution is 2.49. The summed E-state index contributed by atoms with van der Waals surface area (Å²) in [5.74, 6) is -0.947. The number of anilines is 1. The molecule has 3 atom stereocenters. The molecule has 2 aromatic rings. The molecule has 2 aromatic carbocycles. The quantitative estimate of drug-likeness (QED) is 0.663. The zero-order chi connectivity index (χ0) is 19.6. The smallest absolute Gasteiger partial charge is 0.253 e. The van der Waals surface area contributed by atoms with Gasteiger partial charge in [-0.1, -0.05) is 46.9 Å². The molecule has 144 valence electrons. The van der Waals surface area contributed by atoms with E-state index in [2.05, 4.69) is 5.01 Å². The molecule has 3 saturated heterocycles. The second kappa shape index (κ2) is 6.71. The molecule has 3 fully saturated rings. The summed E-state index contributed by atoms with van der Waals surface area (Å²) in [5, 5.41) is 5.59. The number of imide groups is 1. The molecule has 3 aliphatic heterocycles. The van der Waals surface area contributed by atoms with Crippen molar-refractivity contribution in [2.45, 2.75) is 18.5 Å². The summed E-state index contributed by atoms with van der Waals surface area (Å²) in [7, 11) is 0. The fourth-order valence-electron chi connectivity index (χ4n) is 4.67. The maximum absolute atomic E-state index is 13.5. The van der Waals surface area contributed by atoms with Crippen LogP contribution >= 0.6 is 34.8 Å². The van der Waals surface area contributed by atoms with Gasteiger partial charge in [0.05, 0.1) is 22.7 Å². The number of benzene rings is 2. The van der Waals surface area contributed by atoms with Gasteiger partial charge in [-0.25, -0.2) is 14.9 Å². The largest absolute Gasteiger partial charge is 0.274 e. The number of nitrogens with zero attached hydrogens (tertiary/aromatic N) is 3. The zero-order valence-corrected chi connectivity index (χ0v) is 17.0. The first-order chi connectivity index (χ1) is 13.5. The molecule has 5 nitrogen and oxygen atoms in total. The first-order valence-electron chi connectivity index (χ1n) is 9.09. The summed E-state index contributed by atoms with van der Waals surface area (Å²) in [6, 6.07) is 11.6. The Morgan fingerprint density at radius 3 is 2.11 bits per heavy atom. The van der Waals surface area contributed by atoms with Crippen LogP contribution in [0.4, 0.5) is 5.69 Å². The number of hydrogen-bond acceptors (Lipinski definition) is 4. The van der Waals surface area contributed by atoms with Crippen molar-refractivity contribution in [2.24, 2.45) is 5.92 Å². The van der Waals surface area contributed by atoms with Crippen molar-refractivity contribution in [2.75, 3.05) is 18.0 Å². The van der Waals surface area contributed by atoms with Crippen LogP contribution in [0.5, 0.6) is 0 Å². The zero-order valence-electron chi connectivity index (χ0n) is 14.7. The molecule has 0 radical (unpaired) electrons. The van der Waals surface area contributed by atoms with Crippen molar-refractivity contribution >= 4 is 52.3 Å². The van der Waals surface area contributed by atoms with Gasteiger partial charge in [-0.05, 0) is 42.3 Å². The number of fused-ring (bicyclic) bond motifs is 3. The van der Waals surface area contributed by atoms with Crippen molar-refractivity contribution in [3.63, 3.8) is 0 Å². The lowest BCUT2D eigenvalue weighted by atomic mass is 9.90. The number of carbonyl (C=O) groups is 2. The monoisotopic (exact) mass is 435 g/mol. The van der Waals surface area contributed by atoms with Crippen LogP contribution < -0.4 is 4.90 Å². The summed E-state index contributed by atoms with van der Waals surface area (Å²) in [4.78, 5) is 28.0. The molecule has 3 aliphatic rings. The van der Waals surface area contributed by atoms with E-state index in [0.717, 1.165) is 25.1 Å². The van der Waals surface area contributed by atoms with Crippen LogP contribution in [0.1, 0.15) is 18.0 Å². The molecule has 8 heteroatoms. The van der Waals surface area contributed by atoms with Crippen LogP contribution in [-0.2, 0) is 9.59 Å². The lowest BCUT2D eigenvalue weighted by Gasteiger charge is -2.30. The van der Waals surface area contributed by atoms with Crippen LogP contribution in [0, 0.1) is 5.92 Å². The van der Waals surface area contributed by atoms with Gasteiger partial charge in [-0.3, -0.25) is 9.59 Å². The van der Waals surface area contributed by atoms with Gasteiger partial charge in [0.25, 0.3) is 5.91 Å². The minimum atomic E-state index is -0.512. The highest BCUT2D eigenvalue weighted by molar-refractivity contribution is 6.38. The summed E-state index contributed by atoms with van der Waals surface area (Å²) < 4.78 is 0. The van der Waals surface area contributed by atoms with Gasteiger partial charge in [0.15, 0.2) is 0 Å². The molecule has 0 N–H and O–H groups in total. The normalized spacial score (nSPS) is 27.5. The molecule has 5 rings (SSSR count). The molecule has 0 unspecified atom stereocenters. The third kappa shape index (κ3) is 2.61. The van der Waals surface area contributed by atoms with Gasteiger partial charge in [0, 0.05) is 23.1 Å². The van der Waals surface area contributed by atoms with E-state index in [0.29, 0.717) is 15.7 Å². The van der Waals surface area contributed by atoms with Gasteiger partial charge in [-0.15, -0.1) is 0 Å². The molecule has 2 amide bonds. The van der Waals surface area contributed by atoms with Crippen molar-refractivity contribution in [3.8, 4) is 0 Å². The van der Waals surface area contributed by atoms with Crippen LogP contribution in [-0.4, -0.2) is 41.0 Å². The third-order valence-electron chi connectivity index (χ3n) is 5.77. The molecule has 0 spiro atoms. The van der Waals surface area contributed by atoms with Crippen molar-refractivity contribution in [3.05, 3.63) is 63.1 Å². The Labute approximate surface area is 177 Å². The average molecular weight is 437 g/mol. The molecule has 3 heterocycles. The number of halogens is 3. The molecular weight excluding hydrogens is 421 g/mol. The number of carbonyl (C=O) groups excluding carboxylic acids is 2. The number of amides is 2. The Morgan fingerprint density at radius 2 is 1.43 bits per heavy atom. The van der Waals surface area contributed by atoms with E-state index in [1.165, 1.54) is 4.90 Å². The van der Waals surface area contributed by atoms with Gasteiger partial charge in [0.2, 0.25) is 5.91 Å². The Hall–Kier alpha value is -1.63. The summed E-state index contributed by atoms with van der Waals surface area (Å²) in [6.45, 7) is 1.58. The minimum absolute atomic E-state index is 0.197. The fourth-order valence-corrected chi connectivity index (χ4v) is 5.29. The highest BCUT2D eigenvalue weighted by Gasteiger charge is 2.63. The predicted octanol–water partition coefficient (Wildman–Crippen LogP) is 4.18.